The molecule has 1 aromatic carbocycles. The zero-order valence-corrected chi connectivity index (χ0v) is 14.4. The molecule has 0 saturated carbocycles. The fraction of sp³-hybridized carbons (Fsp3) is 0.533. The normalized spacial score (nSPS) is 17.4. The van der Waals surface area contributed by atoms with E-state index in [2.05, 4.69) is 0 Å². The van der Waals surface area contributed by atoms with Crippen LogP contribution in [0, 0.1) is 0 Å². The van der Waals surface area contributed by atoms with E-state index in [0.717, 1.165) is 22.5 Å². The molecule has 25 heavy (non-hydrogen) atoms. The second kappa shape index (κ2) is 7.71. The third kappa shape index (κ3) is 4.93. The van der Waals surface area contributed by atoms with Gasteiger partial charge in [-0.05, 0) is 25.1 Å². The first-order valence-electron chi connectivity index (χ1n) is 7.70. The summed E-state index contributed by atoms with van der Waals surface area (Å²) in [7, 11) is -4.02. The van der Waals surface area contributed by atoms with Crippen molar-refractivity contribution in [3.8, 4) is 0 Å². The predicted octanol–water partition coefficient (Wildman–Crippen LogP) is 1.57. The quantitative estimate of drug-likeness (QED) is 0.726. The van der Waals surface area contributed by atoms with E-state index in [-0.39, 0.29) is 31.1 Å². The van der Waals surface area contributed by atoms with Crippen molar-refractivity contribution in [2.75, 3.05) is 39.3 Å². The molecule has 0 aromatic heterocycles. The predicted molar refractivity (Wildman–Crippen MR) is 83.3 cm³/mol. The molecule has 140 valence electrons. The molecule has 0 atom stereocenters. The molecule has 1 fully saturated rings. The van der Waals surface area contributed by atoms with Crippen molar-refractivity contribution in [1.29, 1.82) is 0 Å². The average Bonchev–Trinajstić information content (AvgIpc) is 2.55. The molecule has 1 heterocycles. The molecule has 1 aliphatic rings. The third-order valence-corrected chi connectivity index (χ3v) is 5.68. The lowest BCUT2D eigenvalue weighted by Crippen LogP contribution is -2.50. The number of benzene rings is 1. The number of carbonyl (C=O) groups is 1. The smallest absolute Gasteiger partial charge is 0.416 e. The van der Waals surface area contributed by atoms with Crippen LogP contribution >= 0.6 is 0 Å². The molecular weight excluding hydrogens is 361 g/mol. The number of halogens is 3. The number of hydrogen-bond acceptors (Lipinski definition) is 5. The first kappa shape index (κ1) is 19.7. The van der Waals surface area contributed by atoms with E-state index in [1.807, 2.05) is 0 Å². The number of piperazine rings is 1. The minimum Gasteiger partial charge on any atom is -0.465 e. The van der Waals surface area contributed by atoms with Gasteiger partial charge in [-0.3, -0.25) is 9.69 Å². The van der Waals surface area contributed by atoms with Crippen LogP contribution in [-0.4, -0.2) is 62.9 Å². The molecular formula is C15H19F3N2O4S. The molecule has 0 bridgehead atoms. The number of carbonyl (C=O) groups excluding carboxylic acids is 1. The molecule has 0 spiro atoms. The van der Waals surface area contributed by atoms with Crippen LogP contribution in [0.2, 0.25) is 0 Å². The Bertz CT molecular complexity index is 714. The van der Waals surface area contributed by atoms with Gasteiger partial charge in [-0.25, -0.2) is 8.42 Å². The van der Waals surface area contributed by atoms with Gasteiger partial charge in [0.15, 0.2) is 0 Å². The first-order chi connectivity index (χ1) is 11.6. The van der Waals surface area contributed by atoms with E-state index < -0.39 is 27.7 Å². The number of ether oxygens (including phenoxy) is 1. The van der Waals surface area contributed by atoms with Gasteiger partial charge in [0.1, 0.15) is 0 Å². The summed E-state index contributed by atoms with van der Waals surface area (Å²) in [5, 5.41) is 0. The summed E-state index contributed by atoms with van der Waals surface area (Å²) in [6.07, 6.45) is -4.61. The molecule has 2 rings (SSSR count). The lowest BCUT2D eigenvalue weighted by Gasteiger charge is -2.33. The number of nitrogens with zero attached hydrogens (tertiary/aromatic N) is 2. The molecule has 1 saturated heterocycles. The highest BCUT2D eigenvalue weighted by Gasteiger charge is 2.34. The standard InChI is InChI=1S/C15H19F3N2O4S/c1-2-24-14(21)11-19-6-8-20(9-7-19)25(22,23)13-5-3-4-12(10-13)15(16,17)18/h3-5,10H,2,6-9,11H2,1H3. The van der Waals surface area contributed by atoms with Gasteiger partial charge in [-0.15, -0.1) is 0 Å². The largest absolute Gasteiger partial charge is 0.465 e. The lowest BCUT2D eigenvalue weighted by molar-refractivity contribution is -0.144. The second-order valence-corrected chi connectivity index (χ2v) is 7.45. The Labute approximate surface area is 144 Å². The van der Waals surface area contributed by atoms with Gasteiger partial charge < -0.3 is 4.74 Å². The van der Waals surface area contributed by atoms with Crippen LogP contribution in [0.15, 0.2) is 29.2 Å². The summed E-state index contributed by atoms with van der Waals surface area (Å²) in [6, 6.07) is 3.69. The highest BCUT2D eigenvalue weighted by Crippen LogP contribution is 2.31. The van der Waals surface area contributed by atoms with Crippen LogP contribution in [0.25, 0.3) is 0 Å². The van der Waals surface area contributed by atoms with Crippen molar-refractivity contribution in [3.05, 3.63) is 29.8 Å². The van der Waals surface area contributed by atoms with Crippen molar-refractivity contribution >= 4 is 16.0 Å². The van der Waals surface area contributed by atoms with E-state index >= 15 is 0 Å². The van der Waals surface area contributed by atoms with Crippen molar-refractivity contribution in [1.82, 2.24) is 9.21 Å². The summed E-state index contributed by atoms with van der Waals surface area (Å²) in [6.45, 7) is 2.81. The monoisotopic (exact) mass is 380 g/mol. The van der Waals surface area contributed by atoms with Gasteiger partial charge in [-0.2, -0.15) is 17.5 Å². The number of alkyl halides is 3. The fourth-order valence-corrected chi connectivity index (χ4v) is 3.97. The fourth-order valence-electron chi connectivity index (χ4n) is 2.50. The summed E-state index contributed by atoms with van der Waals surface area (Å²) >= 11 is 0. The summed E-state index contributed by atoms with van der Waals surface area (Å²) in [4.78, 5) is 12.8. The van der Waals surface area contributed by atoms with E-state index in [4.69, 9.17) is 4.74 Å². The molecule has 0 amide bonds. The topological polar surface area (TPSA) is 66.9 Å². The third-order valence-electron chi connectivity index (χ3n) is 3.79. The van der Waals surface area contributed by atoms with Crippen molar-refractivity contribution in [2.24, 2.45) is 0 Å². The molecule has 10 heteroatoms. The van der Waals surface area contributed by atoms with Crippen LogP contribution in [0.3, 0.4) is 0 Å². The molecule has 0 aliphatic carbocycles. The Kier molecular flexibility index (Phi) is 6.07. The zero-order valence-electron chi connectivity index (χ0n) is 13.6. The maximum absolute atomic E-state index is 12.8. The van der Waals surface area contributed by atoms with Gasteiger partial charge in [0.2, 0.25) is 10.0 Å². The van der Waals surface area contributed by atoms with E-state index in [0.29, 0.717) is 19.2 Å². The van der Waals surface area contributed by atoms with Crippen molar-refractivity contribution in [2.45, 2.75) is 18.0 Å². The van der Waals surface area contributed by atoms with E-state index in [9.17, 15) is 26.4 Å². The van der Waals surface area contributed by atoms with Crippen LogP contribution in [-0.2, 0) is 25.7 Å². The van der Waals surface area contributed by atoms with Gasteiger partial charge in [0.25, 0.3) is 0 Å². The van der Waals surface area contributed by atoms with Gasteiger partial charge in [0.05, 0.1) is 23.6 Å². The molecule has 1 aromatic rings. The Hall–Kier alpha value is -1.65. The van der Waals surface area contributed by atoms with E-state index in [1.54, 1.807) is 11.8 Å². The molecule has 0 unspecified atom stereocenters. The first-order valence-corrected chi connectivity index (χ1v) is 9.14. The van der Waals surface area contributed by atoms with Gasteiger partial charge in [0, 0.05) is 26.2 Å². The van der Waals surface area contributed by atoms with Crippen LogP contribution in [0.1, 0.15) is 12.5 Å². The maximum atomic E-state index is 12.8. The average molecular weight is 380 g/mol. The summed E-state index contributed by atoms with van der Waals surface area (Å²) in [5.74, 6) is -0.392. The van der Waals surface area contributed by atoms with Gasteiger partial charge in [-0.1, -0.05) is 6.07 Å². The molecule has 6 nitrogen and oxygen atoms in total. The van der Waals surface area contributed by atoms with Crippen LogP contribution in [0.4, 0.5) is 13.2 Å². The highest BCUT2D eigenvalue weighted by atomic mass is 32.2. The molecule has 1 aliphatic heterocycles. The summed E-state index contributed by atoms with van der Waals surface area (Å²) < 4.78 is 69.4. The zero-order chi connectivity index (χ0) is 18.7. The molecule has 0 radical (unpaired) electrons. The van der Waals surface area contributed by atoms with Crippen LogP contribution < -0.4 is 0 Å². The molecule has 0 N–H and O–H groups in total. The number of rotatable bonds is 5. The van der Waals surface area contributed by atoms with E-state index in [1.165, 1.54) is 0 Å². The van der Waals surface area contributed by atoms with Crippen LogP contribution in [0.5, 0.6) is 0 Å². The Morgan fingerprint density at radius 2 is 1.84 bits per heavy atom. The van der Waals surface area contributed by atoms with Crippen molar-refractivity contribution < 1.29 is 31.1 Å². The second-order valence-electron chi connectivity index (χ2n) is 5.51. The highest BCUT2D eigenvalue weighted by molar-refractivity contribution is 7.89. The minimum atomic E-state index is -4.61. The number of hydrogen-bond donors (Lipinski definition) is 0. The van der Waals surface area contributed by atoms with Gasteiger partial charge >= 0.3 is 12.1 Å². The maximum Gasteiger partial charge on any atom is 0.416 e. The minimum absolute atomic E-state index is 0.0608. The number of sulfonamides is 1. The number of esters is 1. The lowest BCUT2D eigenvalue weighted by atomic mass is 10.2. The Morgan fingerprint density at radius 3 is 2.40 bits per heavy atom. The SMILES string of the molecule is CCOC(=O)CN1CCN(S(=O)(=O)c2cccc(C(F)(F)F)c2)CC1. The van der Waals surface area contributed by atoms with Crippen molar-refractivity contribution in [3.63, 3.8) is 0 Å². The summed E-state index contributed by atoms with van der Waals surface area (Å²) in [5.41, 5.74) is -1.01. The Morgan fingerprint density at radius 1 is 1.20 bits per heavy atom. The Balaban J connectivity index is 2.06.